The SMILES string of the molecule is C1=CC(CNC2CCCCC2NCc2cc[cH-]c2)C=C1. The van der Waals surface area contributed by atoms with Gasteiger partial charge < -0.3 is 10.6 Å². The van der Waals surface area contributed by atoms with Crippen molar-refractivity contribution in [3.63, 3.8) is 0 Å². The Kier molecular flexibility index (Phi) is 4.77. The molecular formula is C18H25N2-. The van der Waals surface area contributed by atoms with Crippen LogP contribution in [-0.2, 0) is 6.54 Å². The fourth-order valence-corrected chi connectivity index (χ4v) is 3.30. The summed E-state index contributed by atoms with van der Waals surface area (Å²) in [5.41, 5.74) is 1.40. The van der Waals surface area contributed by atoms with Gasteiger partial charge in [-0.3, -0.25) is 0 Å². The summed E-state index contributed by atoms with van der Waals surface area (Å²) in [5.74, 6) is 0.590. The molecule has 0 heterocycles. The van der Waals surface area contributed by atoms with Gasteiger partial charge in [-0.05, 0) is 19.4 Å². The van der Waals surface area contributed by atoms with E-state index < -0.39 is 0 Å². The van der Waals surface area contributed by atoms with E-state index in [1.165, 1.54) is 31.2 Å². The summed E-state index contributed by atoms with van der Waals surface area (Å²) >= 11 is 0. The monoisotopic (exact) mass is 269 g/mol. The highest BCUT2D eigenvalue weighted by atomic mass is 15.0. The second kappa shape index (κ2) is 6.96. The van der Waals surface area contributed by atoms with Crippen LogP contribution in [0.4, 0.5) is 0 Å². The third kappa shape index (κ3) is 3.65. The molecule has 2 heteroatoms. The van der Waals surface area contributed by atoms with E-state index in [-0.39, 0.29) is 0 Å². The second-order valence-corrected chi connectivity index (χ2v) is 6.01. The molecular weight excluding hydrogens is 244 g/mol. The van der Waals surface area contributed by atoms with Gasteiger partial charge in [0.2, 0.25) is 0 Å². The van der Waals surface area contributed by atoms with Crippen molar-refractivity contribution in [2.75, 3.05) is 6.54 Å². The molecule has 0 bridgehead atoms. The van der Waals surface area contributed by atoms with Gasteiger partial charge >= 0.3 is 0 Å². The molecule has 1 saturated carbocycles. The third-order valence-electron chi connectivity index (χ3n) is 4.51. The van der Waals surface area contributed by atoms with Crippen LogP contribution in [0.3, 0.4) is 0 Å². The van der Waals surface area contributed by atoms with Gasteiger partial charge in [0.25, 0.3) is 0 Å². The van der Waals surface area contributed by atoms with Crippen LogP contribution < -0.4 is 10.6 Å². The molecule has 20 heavy (non-hydrogen) atoms. The lowest BCUT2D eigenvalue weighted by Gasteiger charge is -2.34. The largest absolute Gasteiger partial charge is 0.320 e. The van der Waals surface area contributed by atoms with E-state index >= 15 is 0 Å². The van der Waals surface area contributed by atoms with Gasteiger partial charge in [-0.15, -0.1) is 0 Å². The van der Waals surface area contributed by atoms with Gasteiger partial charge in [0, 0.05) is 24.5 Å². The molecule has 108 valence electrons. The van der Waals surface area contributed by atoms with Gasteiger partial charge in [-0.1, -0.05) is 37.1 Å². The Morgan fingerprint density at radius 1 is 1.05 bits per heavy atom. The molecule has 2 nitrogen and oxygen atoms in total. The van der Waals surface area contributed by atoms with Crippen molar-refractivity contribution in [2.24, 2.45) is 5.92 Å². The molecule has 0 saturated heterocycles. The van der Waals surface area contributed by atoms with Crippen LogP contribution in [0.15, 0.2) is 48.6 Å². The Bertz CT molecular complexity index is 432. The van der Waals surface area contributed by atoms with Crippen LogP contribution in [0.5, 0.6) is 0 Å². The molecule has 0 aromatic heterocycles. The summed E-state index contributed by atoms with van der Waals surface area (Å²) in [7, 11) is 0. The molecule has 1 fully saturated rings. The van der Waals surface area contributed by atoms with Gasteiger partial charge in [0.1, 0.15) is 0 Å². The van der Waals surface area contributed by atoms with Gasteiger partial charge in [0.15, 0.2) is 0 Å². The molecule has 1 aromatic carbocycles. The lowest BCUT2D eigenvalue weighted by Crippen LogP contribution is -2.50. The number of rotatable bonds is 6. The summed E-state index contributed by atoms with van der Waals surface area (Å²) in [6, 6.07) is 9.88. The Morgan fingerprint density at radius 2 is 1.80 bits per heavy atom. The van der Waals surface area contributed by atoms with E-state index in [2.05, 4.69) is 59.2 Å². The smallest absolute Gasteiger partial charge is 0.0221 e. The maximum atomic E-state index is 3.78. The van der Waals surface area contributed by atoms with Gasteiger partial charge in [-0.2, -0.15) is 23.8 Å². The predicted molar refractivity (Wildman–Crippen MR) is 84.7 cm³/mol. The molecule has 2 aliphatic rings. The van der Waals surface area contributed by atoms with E-state index in [0.717, 1.165) is 13.1 Å². The minimum atomic E-state index is 0.590. The standard InChI is InChI=1S/C18H25N2/c1-2-8-15(7-1)13-19-17-11-5-6-12-18(17)20-14-16-9-3-4-10-16/h1-4,7-10,15,17-20H,5-6,11-14H2/q-1. The fourth-order valence-electron chi connectivity index (χ4n) is 3.30. The summed E-state index contributed by atoms with van der Waals surface area (Å²) in [6.45, 7) is 2.07. The lowest BCUT2D eigenvalue weighted by molar-refractivity contribution is 0.280. The Morgan fingerprint density at radius 3 is 2.50 bits per heavy atom. The molecule has 2 aliphatic carbocycles. The molecule has 0 spiro atoms. The summed E-state index contributed by atoms with van der Waals surface area (Å²) in [6.07, 6.45) is 14.2. The van der Waals surface area contributed by atoms with Crippen molar-refractivity contribution in [1.29, 1.82) is 0 Å². The molecule has 2 unspecified atom stereocenters. The van der Waals surface area contributed by atoms with Crippen molar-refractivity contribution in [1.82, 2.24) is 10.6 Å². The first kappa shape index (κ1) is 13.7. The topological polar surface area (TPSA) is 24.1 Å². The third-order valence-corrected chi connectivity index (χ3v) is 4.51. The highest BCUT2D eigenvalue weighted by Crippen LogP contribution is 2.20. The first-order valence-corrected chi connectivity index (χ1v) is 7.94. The zero-order chi connectivity index (χ0) is 13.6. The fraction of sp³-hybridized carbons (Fsp3) is 0.500. The molecule has 1 aromatic rings. The molecule has 3 rings (SSSR count). The van der Waals surface area contributed by atoms with E-state index in [1.807, 2.05) is 0 Å². The van der Waals surface area contributed by atoms with Gasteiger partial charge in [-0.25, -0.2) is 6.07 Å². The average molecular weight is 269 g/mol. The maximum Gasteiger partial charge on any atom is 0.0221 e. The van der Waals surface area contributed by atoms with E-state index in [9.17, 15) is 0 Å². The zero-order valence-electron chi connectivity index (χ0n) is 12.1. The average Bonchev–Trinajstić information content (AvgIpc) is 3.17. The summed E-state index contributed by atoms with van der Waals surface area (Å²) in [4.78, 5) is 0. The van der Waals surface area contributed by atoms with Crippen molar-refractivity contribution >= 4 is 0 Å². The quantitative estimate of drug-likeness (QED) is 0.775. The van der Waals surface area contributed by atoms with Crippen LogP contribution in [0.25, 0.3) is 0 Å². The van der Waals surface area contributed by atoms with Crippen molar-refractivity contribution in [3.05, 3.63) is 54.1 Å². The van der Waals surface area contributed by atoms with Crippen LogP contribution >= 0.6 is 0 Å². The molecule has 0 radical (unpaired) electrons. The number of nitrogens with one attached hydrogen (secondary N) is 2. The van der Waals surface area contributed by atoms with Crippen LogP contribution in [0, 0.1) is 5.92 Å². The first-order chi connectivity index (χ1) is 9.92. The van der Waals surface area contributed by atoms with E-state index in [1.54, 1.807) is 0 Å². The second-order valence-electron chi connectivity index (χ2n) is 6.01. The highest BCUT2D eigenvalue weighted by molar-refractivity contribution is 5.18. The normalized spacial score (nSPS) is 26.4. The minimum Gasteiger partial charge on any atom is -0.320 e. The predicted octanol–water partition coefficient (Wildman–Crippen LogP) is 3.14. The number of allylic oxidation sites excluding steroid dienone is 2. The van der Waals surface area contributed by atoms with Crippen molar-refractivity contribution in [3.8, 4) is 0 Å². The van der Waals surface area contributed by atoms with Crippen LogP contribution in [0.1, 0.15) is 31.2 Å². The number of hydrogen-bond acceptors (Lipinski definition) is 2. The Hall–Kier alpha value is -1.25. The maximum absolute atomic E-state index is 3.78. The summed E-state index contributed by atoms with van der Waals surface area (Å²) in [5, 5.41) is 7.53. The highest BCUT2D eigenvalue weighted by Gasteiger charge is 2.24. The molecule has 2 N–H and O–H groups in total. The number of hydrogen-bond donors (Lipinski definition) is 2. The van der Waals surface area contributed by atoms with E-state index in [0.29, 0.717) is 18.0 Å². The van der Waals surface area contributed by atoms with E-state index in [4.69, 9.17) is 0 Å². The van der Waals surface area contributed by atoms with Crippen LogP contribution in [0.2, 0.25) is 0 Å². The molecule has 2 atom stereocenters. The Balaban J connectivity index is 1.48. The molecule has 0 aliphatic heterocycles. The Labute approximate surface area is 122 Å². The van der Waals surface area contributed by atoms with Crippen LogP contribution in [-0.4, -0.2) is 18.6 Å². The van der Waals surface area contributed by atoms with Crippen molar-refractivity contribution < 1.29 is 0 Å². The lowest BCUT2D eigenvalue weighted by atomic mass is 9.89. The first-order valence-electron chi connectivity index (χ1n) is 7.94. The zero-order valence-corrected chi connectivity index (χ0v) is 12.1. The van der Waals surface area contributed by atoms with Crippen molar-refractivity contribution in [2.45, 2.75) is 44.3 Å². The summed E-state index contributed by atoms with van der Waals surface area (Å²) < 4.78 is 0. The van der Waals surface area contributed by atoms with Gasteiger partial charge in [0.05, 0.1) is 0 Å². The minimum absolute atomic E-state index is 0.590. The molecule has 0 amide bonds.